The molecule has 4 heteroatoms. The second-order valence-electron chi connectivity index (χ2n) is 2.51. The van der Waals surface area contributed by atoms with Crippen LogP contribution in [0.3, 0.4) is 0 Å². The van der Waals surface area contributed by atoms with Gasteiger partial charge in [-0.05, 0) is 12.1 Å². The van der Waals surface area contributed by atoms with Gasteiger partial charge in [-0.25, -0.2) is 0 Å². The Morgan fingerprint density at radius 3 is 3.00 bits per heavy atom. The number of likely N-dealkylation sites (N-methyl/N-ethyl adjacent to an activating group) is 1. The molecule has 0 radical (unpaired) electrons. The van der Waals surface area contributed by atoms with Gasteiger partial charge in [-0.2, -0.15) is 0 Å². The van der Waals surface area contributed by atoms with Crippen molar-refractivity contribution >= 4 is 12.2 Å². The molecule has 0 aliphatic rings. The van der Waals surface area contributed by atoms with E-state index < -0.39 is 5.91 Å². The van der Waals surface area contributed by atoms with Gasteiger partial charge in [-0.1, -0.05) is 0 Å². The fourth-order valence-electron chi connectivity index (χ4n) is 0.889. The van der Waals surface area contributed by atoms with E-state index in [0.717, 1.165) is 5.69 Å². The number of carbonyl (C=O) groups excluding carboxylic acids is 2. The van der Waals surface area contributed by atoms with E-state index in [9.17, 15) is 9.59 Å². The van der Waals surface area contributed by atoms with Gasteiger partial charge in [0.2, 0.25) is 6.29 Å². The van der Waals surface area contributed by atoms with E-state index in [0.29, 0.717) is 12.8 Å². The van der Waals surface area contributed by atoms with Gasteiger partial charge in [0.15, 0.2) is 0 Å². The number of nitrogens with one attached hydrogen (secondary N) is 1. The summed E-state index contributed by atoms with van der Waals surface area (Å²) in [7, 11) is 1.58. The first-order valence-corrected chi connectivity index (χ1v) is 3.56. The first-order valence-electron chi connectivity index (χ1n) is 3.56. The summed E-state index contributed by atoms with van der Waals surface area (Å²) in [6.45, 7) is 0.435. The maximum atomic E-state index is 10.8. The highest BCUT2D eigenvalue weighted by Crippen LogP contribution is 1.98. The van der Waals surface area contributed by atoms with E-state index in [2.05, 4.69) is 4.98 Å². The third-order valence-corrected chi connectivity index (χ3v) is 1.55. The molecule has 4 nitrogen and oxygen atoms in total. The lowest BCUT2D eigenvalue weighted by molar-refractivity contribution is -0.138. The largest absolute Gasteiger partial charge is 0.364 e. The molecule has 0 unspecified atom stereocenters. The van der Waals surface area contributed by atoms with Crippen molar-refractivity contribution in [1.29, 1.82) is 0 Å². The number of rotatable bonds is 3. The van der Waals surface area contributed by atoms with E-state index in [1.807, 2.05) is 12.1 Å². The van der Waals surface area contributed by atoms with E-state index in [1.54, 1.807) is 13.2 Å². The number of nitrogens with zero attached hydrogens (tertiary/aromatic N) is 1. The van der Waals surface area contributed by atoms with Crippen molar-refractivity contribution in [1.82, 2.24) is 9.88 Å². The van der Waals surface area contributed by atoms with Crippen LogP contribution in [0.15, 0.2) is 18.3 Å². The molecule has 0 aliphatic heterocycles. The lowest BCUT2D eigenvalue weighted by Crippen LogP contribution is -2.26. The molecule has 0 atom stereocenters. The van der Waals surface area contributed by atoms with Crippen LogP contribution < -0.4 is 0 Å². The standard InChI is InChI=1S/C8H10N2O2/c1-10(8(12)6-11)5-7-3-2-4-9-7/h2-4,6,9H,5H2,1H3. The lowest BCUT2D eigenvalue weighted by Gasteiger charge is -2.11. The SMILES string of the molecule is CN(Cc1ccc[nH]1)C(=O)C=O. The zero-order valence-electron chi connectivity index (χ0n) is 6.78. The first kappa shape index (κ1) is 8.52. The molecule has 0 fully saturated rings. The Morgan fingerprint density at radius 2 is 2.50 bits per heavy atom. The van der Waals surface area contributed by atoms with Gasteiger partial charge in [0.25, 0.3) is 5.91 Å². The molecule has 0 aromatic carbocycles. The van der Waals surface area contributed by atoms with Crippen LogP contribution in [0.1, 0.15) is 5.69 Å². The number of carbonyl (C=O) groups is 2. The van der Waals surface area contributed by atoms with Crippen LogP contribution in [0.2, 0.25) is 0 Å². The van der Waals surface area contributed by atoms with Crippen LogP contribution >= 0.6 is 0 Å². The molecule has 1 amide bonds. The molecule has 1 N–H and O–H groups in total. The number of hydrogen-bond donors (Lipinski definition) is 1. The summed E-state index contributed by atoms with van der Waals surface area (Å²) < 4.78 is 0. The van der Waals surface area contributed by atoms with Gasteiger partial charge in [-0.15, -0.1) is 0 Å². The van der Waals surface area contributed by atoms with Gasteiger partial charge < -0.3 is 9.88 Å². The van der Waals surface area contributed by atoms with Crippen LogP contribution in [0.5, 0.6) is 0 Å². The van der Waals surface area contributed by atoms with E-state index in [4.69, 9.17) is 0 Å². The molecule has 1 heterocycles. The Hall–Kier alpha value is -1.58. The summed E-state index contributed by atoms with van der Waals surface area (Å²) in [4.78, 5) is 25.1. The monoisotopic (exact) mass is 166 g/mol. The molecule has 64 valence electrons. The first-order chi connectivity index (χ1) is 5.74. The molecule has 0 aliphatic carbocycles. The minimum Gasteiger partial charge on any atom is -0.364 e. The van der Waals surface area contributed by atoms with Crippen molar-refractivity contribution < 1.29 is 9.59 Å². The smallest absolute Gasteiger partial charge is 0.286 e. The molecule has 12 heavy (non-hydrogen) atoms. The summed E-state index contributed by atoms with van der Waals surface area (Å²) in [5.41, 5.74) is 0.910. The van der Waals surface area contributed by atoms with Crippen molar-refractivity contribution in [2.75, 3.05) is 7.05 Å². The third kappa shape index (κ3) is 1.95. The average molecular weight is 166 g/mol. The maximum absolute atomic E-state index is 10.8. The van der Waals surface area contributed by atoms with Crippen molar-refractivity contribution in [3.8, 4) is 0 Å². The van der Waals surface area contributed by atoms with E-state index >= 15 is 0 Å². The zero-order chi connectivity index (χ0) is 8.97. The van der Waals surface area contributed by atoms with Crippen LogP contribution in [-0.4, -0.2) is 29.1 Å². The molecule has 1 rings (SSSR count). The summed E-state index contributed by atoms with van der Waals surface area (Å²) in [6, 6.07) is 3.70. The van der Waals surface area contributed by atoms with Crippen molar-refractivity contribution in [2.24, 2.45) is 0 Å². The molecule has 1 aromatic heterocycles. The third-order valence-electron chi connectivity index (χ3n) is 1.55. The van der Waals surface area contributed by atoms with Crippen molar-refractivity contribution in [2.45, 2.75) is 6.54 Å². The van der Waals surface area contributed by atoms with Crippen LogP contribution in [-0.2, 0) is 16.1 Å². The minimum absolute atomic E-state index is 0.308. The summed E-state index contributed by atoms with van der Waals surface area (Å²) >= 11 is 0. The Balaban J connectivity index is 2.52. The highest BCUT2D eigenvalue weighted by atomic mass is 16.2. The quantitative estimate of drug-likeness (QED) is 0.514. The molecule has 0 bridgehead atoms. The average Bonchev–Trinajstić information content (AvgIpc) is 2.55. The van der Waals surface area contributed by atoms with Gasteiger partial charge in [0, 0.05) is 18.9 Å². The zero-order valence-corrected chi connectivity index (χ0v) is 6.78. The van der Waals surface area contributed by atoms with Crippen LogP contribution in [0.4, 0.5) is 0 Å². The molecular weight excluding hydrogens is 156 g/mol. The second-order valence-corrected chi connectivity index (χ2v) is 2.51. The summed E-state index contributed by atoms with van der Waals surface area (Å²) in [5, 5.41) is 0. The Kier molecular flexibility index (Phi) is 2.63. The summed E-state index contributed by atoms with van der Waals surface area (Å²) in [6.07, 6.45) is 2.08. The molecule has 1 aromatic rings. The Bertz CT molecular complexity index is 267. The van der Waals surface area contributed by atoms with Gasteiger partial charge >= 0.3 is 0 Å². The highest BCUT2D eigenvalue weighted by molar-refractivity contribution is 6.23. The van der Waals surface area contributed by atoms with Gasteiger partial charge in [0.1, 0.15) is 0 Å². The topological polar surface area (TPSA) is 53.2 Å². The highest BCUT2D eigenvalue weighted by Gasteiger charge is 2.06. The molecule has 0 spiro atoms. The van der Waals surface area contributed by atoms with Gasteiger partial charge in [-0.3, -0.25) is 9.59 Å². The number of aromatic amines is 1. The van der Waals surface area contributed by atoms with Crippen LogP contribution in [0.25, 0.3) is 0 Å². The van der Waals surface area contributed by atoms with Crippen molar-refractivity contribution in [3.05, 3.63) is 24.0 Å². The predicted molar refractivity (Wildman–Crippen MR) is 43.3 cm³/mol. The maximum Gasteiger partial charge on any atom is 0.286 e. The minimum atomic E-state index is -0.510. The number of H-pyrrole nitrogens is 1. The number of amides is 1. The Labute approximate surface area is 70.2 Å². The lowest BCUT2D eigenvalue weighted by atomic mass is 10.4. The number of aromatic nitrogens is 1. The summed E-state index contributed by atoms with van der Waals surface area (Å²) in [5.74, 6) is -0.510. The second kappa shape index (κ2) is 3.71. The van der Waals surface area contributed by atoms with Gasteiger partial charge in [0.05, 0.1) is 6.54 Å². The molecule has 0 saturated heterocycles. The molecule has 0 saturated carbocycles. The van der Waals surface area contributed by atoms with E-state index in [1.165, 1.54) is 4.90 Å². The number of aldehydes is 1. The van der Waals surface area contributed by atoms with E-state index in [-0.39, 0.29) is 0 Å². The predicted octanol–water partition coefficient (Wildman–Crippen LogP) is 0.172. The fourth-order valence-corrected chi connectivity index (χ4v) is 0.889. The van der Waals surface area contributed by atoms with Crippen LogP contribution in [0, 0.1) is 0 Å². The fraction of sp³-hybridized carbons (Fsp3) is 0.250. The molecular formula is C8H10N2O2. The normalized spacial score (nSPS) is 9.42. The number of hydrogen-bond acceptors (Lipinski definition) is 2. The van der Waals surface area contributed by atoms with Crippen molar-refractivity contribution in [3.63, 3.8) is 0 Å². The Morgan fingerprint density at radius 1 is 1.75 bits per heavy atom.